The number of carbonyl (C=O) groups is 1. The van der Waals surface area contributed by atoms with Crippen LogP contribution in [0.1, 0.15) is 35.1 Å². The molecule has 2 rings (SSSR count). The van der Waals surface area contributed by atoms with E-state index in [1.165, 1.54) is 20.3 Å². The molecule has 0 amide bonds. The van der Waals surface area contributed by atoms with Gasteiger partial charge in [0.25, 0.3) is 0 Å². The van der Waals surface area contributed by atoms with Gasteiger partial charge in [-0.25, -0.2) is 4.79 Å². The number of aromatic nitrogens is 1. The summed E-state index contributed by atoms with van der Waals surface area (Å²) in [6.07, 6.45) is 2.50. The average Bonchev–Trinajstić information content (AvgIpc) is 3.05. The summed E-state index contributed by atoms with van der Waals surface area (Å²) < 4.78 is 16.4. The SMILES string of the molecule is C=Cc1c(C(=O)O)[nH]c(CNCCC)c1-c1ccc(OC)c(OC)c1OC. The fourth-order valence-corrected chi connectivity index (χ4v) is 3.07. The summed E-state index contributed by atoms with van der Waals surface area (Å²) >= 11 is 0. The smallest absolute Gasteiger partial charge is 0.352 e. The molecule has 2 aromatic rings. The highest BCUT2D eigenvalue weighted by atomic mass is 16.5. The van der Waals surface area contributed by atoms with Gasteiger partial charge in [-0.05, 0) is 25.1 Å². The monoisotopic (exact) mass is 374 g/mol. The van der Waals surface area contributed by atoms with Gasteiger partial charge in [0.05, 0.1) is 21.3 Å². The first kappa shape index (κ1) is 20.4. The van der Waals surface area contributed by atoms with E-state index in [-0.39, 0.29) is 5.69 Å². The molecule has 27 heavy (non-hydrogen) atoms. The maximum Gasteiger partial charge on any atom is 0.352 e. The number of aromatic carboxylic acids is 1. The second kappa shape index (κ2) is 9.14. The van der Waals surface area contributed by atoms with E-state index in [2.05, 4.69) is 23.8 Å². The van der Waals surface area contributed by atoms with Crippen molar-refractivity contribution in [2.24, 2.45) is 0 Å². The zero-order chi connectivity index (χ0) is 20.0. The lowest BCUT2D eigenvalue weighted by molar-refractivity contribution is 0.0691. The molecule has 1 aromatic heterocycles. The number of rotatable bonds is 10. The van der Waals surface area contributed by atoms with E-state index in [0.29, 0.717) is 40.5 Å². The number of hydrogen-bond donors (Lipinski definition) is 3. The largest absolute Gasteiger partial charge is 0.493 e. The lowest BCUT2D eigenvalue weighted by Crippen LogP contribution is -2.15. The van der Waals surface area contributed by atoms with E-state index in [0.717, 1.165) is 18.7 Å². The Hall–Kier alpha value is -2.93. The minimum Gasteiger partial charge on any atom is -0.493 e. The van der Waals surface area contributed by atoms with E-state index in [1.54, 1.807) is 13.2 Å². The van der Waals surface area contributed by atoms with Gasteiger partial charge >= 0.3 is 5.97 Å². The zero-order valence-corrected chi connectivity index (χ0v) is 16.1. The van der Waals surface area contributed by atoms with Crippen LogP contribution in [0.5, 0.6) is 17.2 Å². The summed E-state index contributed by atoms with van der Waals surface area (Å²) in [7, 11) is 4.61. The quantitative estimate of drug-likeness (QED) is 0.551. The molecule has 0 radical (unpaired) electrons. The Morgan fingerprint density at radius 3 is 2.44 bits per heavy atom. The van der Waals surface area contributed by atoms with E-state index < -0.39 is 5.97 Å². The second-order valence-electron chi connectivity index (χ2n) is 5.84. The summed E-state index contributed by atoms with van der Waals surface area (Å²) in [6.45, 7) is 7.16. The summed E-state index contributed by atoms with van der Waals surface area (Å²) in [5, 5.41) is 12.9. The number of methoxy groups -OCH3 is 3. The number of ether oxygens (including phenoxy) is 3. The van der Waals surface area contributed by atoms with Crippen molar-refractivity contribution in [3.63, 3.8) is 0 Å². The van der Waals surface area contributed by atoms with Crippen LogP contribution in [0.15, 0.2) is 18.7 Å². The topological polar surface area (TPSA) is 92.8 Å². The highest BCUT2D eigenvalue weighted by molar-refractivity contribution is 5.97. The molecule has 0 fully saturated rings. The first-order chi connectivity index (χ1) is 13.0. The summed E-state index contributed by atoms with van der Waals surface area (Å²) in [4.78, 5) is 14.7. The van der Waals surface area contributed by atoms with Gasteiger partial charge in [-0.2, -0.15) is 0 Å². The predicted octanol–water partition coefficient (Wildman–Crippen LogP) is 3.55. The maximum absolute atomic E-state index is 11.7. The van der Waals surface area contributed by atoms with Crippen LogP contribution in [-0.4, -0.2) is 43.9 Å². The molecule has 1 heterocycles. The Labute approximate surface area is 159 Å². The maximum atomic E-state index is 11.7. The Morgan fingerprint density at radius 1 is 1.22 bits per heavy atom. The van der Waals surface area contributed by atoms with Crippen molar-refractivity contribution in [2.75, 3.05) is 27.9 Å². The molecule has 7 heteroatoms. The molecule has 0 bridgehead atoms. The minimum absolute atomic E-state index is 0.0881. The van der Waals surface area contributed by atoms with Crippen LogP contribution < -0.4 is 19.5 Å². The van der Waals surface area contributed by atoms with Gasteiger partial charge in [0.1, 0.15) is 5.69 Å². The molecule has 1 aromatic carbocycles. The molecule has 0 aliphatic rings. The van der Waals surface area contributed by atoms with Gasteiger partial charge in [0.2, 0.25) is 5.75 Å². The van der Waals surface area contributed by atoms with Gasteiger partial charge in [-0.3, -0.25) is 0 Å². The molecule has 0 spiro atoms. The van der Waals surface area contributed by atoms with Crippen molar-refractivity contribution < 1.29 is 24.1 Å². The minimum atomic E-state index is -1.05. The van der Waals surface area contributed by atoms with Crippen LogP contribution in [0.4, 0.5) is 0 Å². The van der Waals surface area contributed by atoms with Crippen LogP contribution in [0.3, 0.4) is 0 Å². The van der Waals surface area contributed by atoms with Gasteiger partial charge in [0, 0.05) is 28.9 Å². The molecule has 7 nitrogen and oxygen atoms in total. The number of carboxylic acid groups (broad SMARTS) is 1. The van der Waals surface area contributed by atoms with Gasteiger partial charge in [-0.1, -0.05) is 19.6 Å². The van der Waals surface area contributed by atoms with Crippen molar-refractivity contribution in [1.29, 1.82) is 0 Å². The molecule has 3 N–H and O–H groups in total. The molecule has 0 aliphatic carbocycles. The fourth-order valence-electron chi connectivity index (χ4n) is 3.07. The normalized spacial score (nSPS) is 10.5. The number of carboxylic acids is 1. The zero-order valence-electron chi connectivity index (χ0n) is 16.1. The number of aromatic amines is 1. The summed E-state index contributed by atoms with van der Waals surface area (Å²) in [6, 6.07) is 3.59. The van der Waals surface area contributed by atoms with Gasteiger partial charge < -0.3 is 29.6 Å². The number of hydrogen-bond acceptors (Lipinski definition) is 5. The molecule has 0 aliphatic heterocycles. The molecule has 0 unspecified atom stereocenters. The Morgan fingerprint density at radius 2 is 1.93 bits per heavy atom. The number of benzene rings is 1. The molecular formula is C20H26N2O5. The predicted molar refractivity (Wildman–Crippen MR) is 105 cm³/mol. The van der Waals surface area contributed by atoms with Crippen LogP contribution in [0.25, 0.3) is 17.2 Å². The van der Waals surface area contributed by atoms with Crippen LogP contribution in [-0.2, 0) is 6.54 Å². The first-order valence-electron chi connectivity index (χ1n) is 8.64. The van der Waals surface area contributed by atoms with Crippen LogP contribution in [0.2, 0.25) is 0 Å². The Kier molecular flexibility index (Phi) is 6.90. The number of H-pyrrole nitrogens is 1. The van der Waals surface area contributed by atoms with E-state index >= 15 is 0 Å². The van der Waals surface area contributed by atoms with Crippen LogP contribution >= 0.6 is 0 Å². The molecule has 0 saturated carbocycles. The summed E-state index contributed by atoms with van der Waals surface area (Å²) in [5.74, 6) is 0.385. The van der Waals surface area contributed by atoms with Crippen molar-refractivity contribution in [3.05, 3.63) is 35.7 Å². The standard InChI is InChI=1S/C20H26N2O5/c1-6-10-21-11-14-16(12(7-2)17(22-14)20(23)24)13-8-9-15(25-3)19(27-5)18(13)26-4/h7-9,21-22H,2,6,10-11H2,1,3-5H3,(H,23,24). The summed E-state index contributed by atoms with van der Waals surface area (Å²) in [5.41, 5.74) is 2.73. The second-order valence-corrected chi connectivity index (χ2v) is 5.84. The molecule has 0 saturated heterocycles. The highest BCUT2D eigenvalue weighted by Gasteiger charge is 2.25. The van der Waals surface area contributed by atoms with Crippen molar-refractivity contribution >= 4 is 12.0 Å². The van der Waals surface area contributed by atoms with E-state index in [4.69, 9.17) is 14.2 Å². The average molecular weight is 374 g/mol. The van der Waals surface area contributed by atoms with Crippen molar-refractivity contribution in [1.82, 2.24) is 10.3 Å². The van der Waals surface area contributed by atoms with Crippen LogP contribution in [0, 0.1) is 0 Å². The third-order valence-electron chi connectivity index (χ3n) is 4.24. The third-order valence-corrected chi connectivity index (χ3v) is 4.24. The van der Waals surface area contributed by atoms with Crippen molar-refractivity contribution in [2.45, 2.75) is 19.9 Å². The first-order valence-corrected chi connectivity index (χ1v) is 8.64. The highest BCUT2D eigenvalue weighted by Crippen LogP contribution is 2.46. The fraction of sp³-hybridized carbons (Fsp3) is 0.350. The number of nitrogens with one attached hydrogen (secondary N) is 2. The van der Waals surface area contributed by atoms with Gasteiger partial charge in [-0.15, -0.1) is 0 Å². The lowest BCUT2D eigenvalue weighted by atomic mass is 9.98. The van der Waals surface area contributed by atoms with Crippen molar-refractivity contribution in [3.8, 4) is 28.4 Å². The van der Waals surface area contributed by atoms with E-state index in [9.17, 15) is 9.90 Å². The Balaban J connectivity index is 2.75. The molecular weight excluding hydrogens is 348 g/mol. The lowest BCUT2D eigenvalue weighted by Gasteiger charge is -2.17. The Bertz CT molecular complexity index is 826. The van der Waals surface area contributed by atoms with Gasteiger partial charge in [0.15, 0.2) is 11.5 Å². The third kappa shape index (κ3) is 3.93. The molecule has 146 valence electrons. The molecule has 0 atom stereocenters. The van der Waals surface area contributed by atoms with E-state index in [1.807, 2.05) is 6.07 Å².